The Morgan fingerprint density at radius 1 is 1.17 bits per heavy atom. The van der Waals surface area contributed by atoms with Gasteiger partial charge in [-0.3, -0.25) is 9.69 Å². The van der Waals surface area contributed by atoms with E-state index in [1.165, 1.54) is 0 Å². The van der Waals surface area contributed by atoms with Gasteiger partial charge in [0, 0.05) is 38.9 Å². The second kappa shape index (κ2) is 7.88. The second-order valence-corrected chi connectivity index (χ2v) is 8.64. The Kier molecular flexibility index (Phi) is 5.29. The van der Waals surface area contributed by atoms with Gasteiger partial charge in [0.05, 0.1) is 5.69 Å². The van der Waals surface area contributed by atoms with Crippen molar-refractivity contribution in [3.63, 3.8) is 0 Å². The Morgan fingerprint density at radius 2 is 1.90 bits per heavy atom. The molecule has 2 aromatic carbocycles. The maximum atomic E-state index is 12.1. The highest BCUT2D eigenvalue weighted by Gasteiger charge is 2.21. The minimum absolute atomic E-state index is 0.0431. The van der Waals surface area contributed by atoms with E-state index in [4.69, 9.17) is 0 Å². The molecule has 29 heavy (non-hydrogen) atoms. The molecular weight excluding hydrogens is 388 g/mol. The van der Waals surface area contributed by atoms with Crippen LogP contribution in [-0.2, 0) is 4.79 Å². The minimum Gasteiger partial charge on any atom is -0.480 e. The van der Waals surface area contributed by atoms with E-state index >= 15 is 0 Å². The lowest BCUT2D eigenvalue weighted by atomic mass is 10.1. The molecule has 152 valence electrons. The fourth-order valence-corrected chi connectivity index (χ4v) is 4.74. The number of fused-ring (bicyclic) bond motifs is 3. The third-order valence-corrected chi connectivity index (χ3v) is 6.27. The molecule has 0 bridgehead atoms. The zero-order valence-electron chi connectivity index (χ0n) is 16.4. The number of carboxylic acids is 1. The molecule has 2 heterocycles. The molecule has 4 rings (SSSR count). The minimum atomic E-state index is -0.885. The Hall–Kier alpha value is -2.84. The van der Waals surface area contributed by atoms with Crippen LogP contribution in [0.2, 0.25) is 0 Å². The number of aliphatic carboxylic acids is 1. The summed E-state index contributed by atoms with van der Waals surface area (Å²) >= 11 is 1.66. The van der Waals surface area contributed by atoms with Crippen molar-refractivity contribution in [2.75, 3.05) is 23.4 Å². The lowest BCUT2D eigenvalue weighted by molar-refractivity contribution is -0.140. The summed E-state index contributed by atoms with van der Waals surface area (Å²) in [6.45, 7) is 5.18. The first kappa shape index (κ1) is 19.5. The standard InChI is InChI=1S/C21H24N4O3S/c1-12(2)19(20(26)27)24-23-13-4-6-15-16-7-5-14(11-18(16)29-17(15)10-13)25-9-3-8-22-21(25)28/h4-7,10-12,19,23-24H,3,8-9H2,1-2H3,(H,22,28)(H,26,27). The lowest BCUT2D eigenvalue weighted by Gasteiger charge is -2.27. The molecule has 2 amide bonds. The van der Waals surface area contributed by atoms with E-state index in [0.29, 0.717) is 0 Å². The molecule has 4 N–H and O–H groups in total. The average Bonchev–Trinajstić information content (AvgIpc) is 3.04. The molecule has 1 aliphatic rings. The number of anilines is 2. The van der Waals surface area contributed by atoms with Crippen LogP contribution in [0.3, 0.4) is 0 Å². The number of amides is 2. The van der Waals surface area contributed by atoms with Crippen LogP contribution < -0.4 is 21.1 Å². The monoisotopic (exact) mass is 412 g/mol. The predicted octanol–water partition coefficient (Wildman–Crippen LogP) is 4.00. The zero-order chi connectivity index (χ0) is 20.5. The van der Waals surface area contributed by atoms with Gasteiger partial charge >= 0.3 is 12.0 Å². The molecule has 7 nitrogen and oxygen atoms in total. The first-order valence-electron chi connectivity index (χ1n) is 9.70. The van der Waals surface area contributed by atoms with Crippen LogP contribution in [0.15, 0.2) is 36.4 Å². The molecule has 1 atom stereocenters. The van der Waals surface area contributed by atoms with Gasteiger partial charge in [0.25, 0.3) is 0 Å². The maximum absolute atomic E-state index is 12.1. The van der Waals surface area contributed by atoms with E-state index in [1.54, 1.807) is 16.2 Å². The fourth-order valence-electron chi connectivity index (χ4n) is 3.56. The van der Waals surface area contributed by atoms with Crippen molar-refractivity contribution in [1.29, 1.82) is 0 Å². The van der Waals surface area contributed by atoms with Gasteiger partial charge in [-0.15, -0.1) is 11.3 Å². The van der Waals surface area contributed by atoms with E-state index in [2.05, 4.69) is 28.3 Å². The molecule has 1 fully saturated rings. The Morgan fingerprint density at radius 3 is 2.59 bits per heavy atom. The Bertz CT molecular complexity index is 1080. The summed E-state index contributed by atoms with van der Waals surface area (Å²) in [4.78, 5) is 25.3. The van der Waals surface area contributed by atoms with Crippen molar-refractivity contribution >= 4 is 54.9 Å². The van der Waals surface area contributed by atoms with Gasteiger partial charge in [-0.2, -0.15) is 0 Å². The van der Waals surface area contributed by atoms with Crippen molar-refractivity contribution in [1.82, 2.24) is 10.7 Å². The summed E-state index contributed by atoms with van der Waals surface area (Å²) in [5.74, 6) is -0.928. The number of carbonyl (C=O) groups excluding carboxylic acids is 1. The van der Waals surface area contributed by atoms with Crippen molar-refractivity contribution < 1.29 is 14.7 Å². The Labute approximate surface area is 172 Å². The van der Waals surface area contributed by atoms with Crippen molar-refractivity contribution in [2.45, 2.75) is 26.3 Å². The maximum Gasteiger partial charge on any atom is 0.322 e. The van der Waals surface area contributed by atoms with E-state index in [0.717, 1.165) is 51.1 Å². The topological polar surface area (TPSA) is 93.7 Å². The number of urea groups is 1. The highest BCUT2D eigenvalue weighted by molar-refractivity contribution is 7.25. The normalized spacial score (nSPS) is 15.7. The third-order valence-electron chi connectivity index (χ3n) is 5.15. The number of rotatable bonds is 6. The molecule has 1 unspecified atom stereocenters. The number of carbonyl (C=O) groups is 2. The number of hydrogen-bond acceptors (Lipinski definition) is 5. The number of carboxylic acid groups (broad SMARTS) is 1. The average molecular weight is 413 g/mol. The smallest absolute Gasteiger partial charge is 0.322 e. The van der Waals surface area contributed by atoms with Gasteiger partial charge in [-0.25, -0.2) is 10.2 Å². The molecule has 0 radical (unpaired) electrons. The van der Waals surface area contributed by atoms with Gasteiger partial charge < -0.3 is 15.8 Å². The molecule has 8 heteroatoms. The first-order valence-corrected chi connectivity index (χ1v) is 10.5. The highest BCUT2D eigenvalue weighted by atomic mass is 32.1. The van der Waals surface area contributed by atoms with Crippen LogP contribution in [0.25, 0.3) is 20.2 Å². The number of nitrogens with one attached hydrogen (secondary N) is 3. The number of hydrogen-bond donors (Lipinski definition) is 4. The molecule has 1 aliphatic heterocycles. The van der Waals surface area contributed by atoms with Gasteiger partial charge in [0.2, 0.25) is 0 Å². The zero-order valence-corrected chi connectivity index (χ0v) is 17.2. The predicted molar refractivity (Wildman–Crippen MR) is 118 cm³/mol. The molecule has 0 saturated carbocycles. The van der Waals surface area contributed by atoms with E-state index in [1.807, 2.05) is 38.1 Å². The summed E-state index contributed by atoms with van der Waals surface area (Å²) in [6.07, 6.45) is 0.936. The molecular formula is C21H24N4O3S. The van der Waals surface area contributed by atoms with Gasteiger partial charge in [-0.05, 0) is 36.6 Å². The van der Waals surface area contributed by atoms with Crippen molar-refractivity contribution in [3.8, 4) is 0 Å². The summed E-state index contributed by atoms with van der Waals surface area (Å²) in [7, 11) is 0. The third kappa shape index (κ3) is 3.86. The van der Waals surface area contributed by atoms with Gasteiger partial charge in [0.1, 0.15) is 6.04 Å². The van der Waals surface area contributed by atoms with Crippen molar-refractivity contribution in [3.05, 3.63) is 36.4 Å². The summed E-state index contributed by atoms with van der Waals surface area (Å²) < 4.78 is 2.22. The number of hydrazine groups is 1. The molecule has 3 aromatic rings. The number of benzene rings is 2. The van der Waals surface area contributed by atoms with Crippen LogP contribution in [0.1, 0.15) is 20.3 Å². The van der Waals surface area contributed by atoms with Gasteiger partial charge in [0.15, 0.2) is 0 Å². The summed E-state index contributed by atoms with van der Waals surface area (Å²) in [5, 5.41) is 14.5. The second-order valence-electron chi connectivity index (χ2n) is 7.56. The van der Waals surface area contributed by atoms with Crippen LogP contribution >= 0.6 is 11.3 Å². The fraction of sp³-hybridized carbons (Fsp3) is 0.333. The van der Waals surface area contributed by atoms with Crippen LogP contribution in [-0.4, -0.2) is 36.2 Å². The van der Waals surface area contributed by atoms with Crippen LogP contribution in [0.4, 0.5) is 16.2 Å². The van der Waals surface area contributed by atoms with Gasteiger partial charge in [-0.1, -0.05) is 26.0 Å². The Balaban J connectivity index is 1.61. The van der Waals surface area contributed by atoms with Crippen molar-refractivity contribution in [2.24, 2.45) is 5.92 Å². The lowest BCUT2D eigenvalue weighted by Crippen LogP contribution is -2.46. The summed E-state index contributed by atoms with van der Waals surface area (Å²) in [5.41, 5.74) is 7.64. The van der Waals surface area contributed by atoms with E-state index in [9.17, 15) is 14.7 Å². The highest BCUT2D eigenvalue weighted by Crippen LogP contribution is 2.37. The molecule has 1 aromatic heterocycles. The first-order chi connectivity index (χ1) is 13.9. The van der Waals surface area contributed by atoms with E-state index < -0.39 is 12.0 Å². The van der Waals surface area contributed by atoms with Crippen LogP contribution in [0.5, 0.6) is 0 Å². The molecule has 0 aliphatic carbocycles. The molecule has 0 spiro atoms. The molecule has 1 saturated heterocycles. The largest absolute Gasteiger partial charge is 0.480 e. The summed E-state index contributed by atoms with van der Waals surface area (Å²) in [6, 6.07) is 11.4. The van der Waals surface area contributed by atoms with E-state index in [-0.39, 0.29) is 11.9 Å². The van der Waals surface area contributed by atoms with Crippen LogP contribution in [0, 0.1) is 5.92 Å². The number of nitrogens with zero attached hydrogens (tertiary/aromatic N) is 1. The number of thiophene rings is 1. The quantitative estimate of drug-likeness (QED) is 0.459. The SMILES string of the molecule is CC(C)C(NNc1ccc2c(c1)sc1cc(N3CCCNC3=O)ccc12)C(=O)O.